The van der Waals surface area contributed by atoms with Crippen molar-refractivity contribution in [2.24, 2.45) is 4.99 Å². The largest absolute Gasteiger partial charge is 0.497 e. The molecule has 1 unspecified atom stereocenters. The van der Waals surface area contributed by atoms with Crippen LogP contribution in [0.3, 0.4) is 0 Å². The summed E-state index contributed by atoms with van der Waals surface area (Å²) in [5.41, 5.74) is 3.74. The van der Waals surface area contributed by atoms with Crippen molar-refractivity contribution in [2.75, 3.05) is 33.8 Å². The normalized spacial score (nSPS) is 16.1. The predicted molar refractivity (Wildman–Crippen MR) is 136 cm³/mol. The number of halogens is 1. The molecule has 7 heteroatoms. The maximum absolute atomic E-state index is 5.27. The lowest BCUT2D eigenvalue weighted by Crippen LogP contribution is -2.40. The Morgan fingerprint density at radius 2 is 1.94 bits per heavy atom. The van der Waals surface area contributed by atoms with E-state index in [1.807, 2.05) is 36.1 Å². The van der Waals surface area contributed by atoms with Crippen LogP contribution in [0.15, 0.2) is 72.0 Å². The highest BCUT2D eigenvalue weighted by atomic mass is 127. The molecule has 0 saturated carbocycles. The summed E-state index contributed by atoms with van der Waals surface area (Å²) in [5.74, 6) is 2.42. The Hall–Kier alpha value is -2.55. The molecule has 0 aliphatic carbocycles. The Morgan fingerprint density at radius 3 is 2.58 bits per heavy atom. The first-order valence-electron chi connectivity index (χ1n) is 10.5. The monoisotopic (exact) mass is 531 g/mol. The Kier molecular flexibility index (Phi) is 8.34. The molecular formula is C24H30IN5O. The van der Waals surface area contributed by atoms with Gasteiger partial charge in [0.25, 0.3) is 0 Å². The van der Waals surface area contributed by atoms with Crippen LogP contribution in [0.25, 0.3) is 5.69 Å². The minimum atomic E-state index is 0. The number of likely N-dealkylation sites (tertiary alicyclic amines) is 1. The fraction of sp³-hybridized carbons (Fsp3) is 0.333. The quantitative estimate of drug-likeness (QED) is 0.296. The number of hydrogen-bond donors (Lipinski definition) is 1. The number of hydrogen-bond acceptors (Lipinski definition) is 3. The Bertz CT molecular complexity index is 955. The van der Waals surface area contributed by atoms with E-state index in [0.717, 1.165) is 49.9 Å². The summed E-state index contributed by atoms with van der Waals surface area (Å²) in [6.45, 7) is 2.87. The van der Waals surface area contributed by atoms with E-state index in [1.165, 1.54) is 11.1 Å². The third-order valence-corrected chi connectivity index (χ3v) is 5.69. The van der Waals surface area contributed by atoms with E-state index < -0.39 is 0 Å². The molecule has 31 heavy (non-hydrogen) atoms. The number of ether oxygens (including phenoxy) is 1. The first kappa shape index (κ1) is 23.1. The van der Waals surface area contributed by atoms with Crippen LogP contribution < -0.4 is 10.1 Å². The molecule has 0 radical (unpaired) electrons. The summed E-state index contributed by atoms with van der Waals surface area (Å²) in [6, 6.07) is 18.9. The van der Waals surface area contributed by atoms with Gasteiger partial charge in [-0.05, 0) is 54.3 Å². The number of benzene rings is 2. The average Bonchev–Trinajstić information content (AvgIpc) is 3.50. The SMILES string of the molecule is CN=C(NCCc1ccc(-n2cccn2)cc1)N1CCC(c2ccc(OC)cc2)C1.I. The van der Waals surface area contributed by atoms with Gasteiger partial charge in [0.2, 0.25) is 0 Å². The molecule has 6 nitrogen and oxygen atoms in total. The molecule has 1 atom stereocenters. The van der Waals surface area contributed by atoms with E-state index in [9.17, 15) is 0 Å². The van der Waals surface area contributed by atoms with Gasteiger partial charge in [0.1, 0.15) is 5.75 Å². The third-order valence-electron chi connectivity index (χ3n) is 5.69. The number of aromatic nitrogens is 2. The van der Waals surface area contributed by atoms with Gasteiger partial charge in [-0.25, -0.2) is 4.68 Å². The van der Waals surface area contributed by atoms with Gasteiger partial charge in [-0.3, -0.25) is 4.99 Å². The summed E-state index contributed by atoms with van der Waals surface area (Å²) in [5, 5.41) is 7.80. The molecule has 3 aromatic rings. The number of guanidine groups is 1. The van der Waals surface area contributed by atoms with Crippen LogP contribution >= 0.6 is 24.0 Å². The highest BCUT2D eigenvalue weighted by Crippen LogP contribution is 2.28. The van der Waals surface area contributed by atoms with Crippen molar-refractivity contribution in [2.45, 2.75) is 18.8 Å². The zero-order valence-corrected chi connectivity index (χ0v) is 20.4. The molecule has 1 fully saturated rings. The fourth-order valence-corrected chi connectivity index (χ4v) is 3.99. The molecule has 2 aromatic carbocycles. The van der Waals surface area contributed by atoms with Gasteiger partial charge < -0.3 is 15.0 Å². The van der Waals surface area contributed by atoms with E-state index in [0.29, 0.717) is 5.92 Å². The van der Waals surface area contributed by atoms with Crippen LogP contribution in [0.1, 0.15) is 23.5 Å². The zero-order valence-electron chi connectivity index (χ0n) is 18.1. The van der Waals surface area contributed by atoms with E-state index in [1.54, 1.807) is 13.3 Å². The number of nitrogens with one attached hydrogen (secondary N) is 1. The maximum atomic E-state index is 5.27. The van der Waals surface area contributed by atoms with Gasteiger partial charge >= 0.3 is 0 Å². The van der Waals surface area contributed by atoms with Crippen LogP contribution in [0.5, 0.6) is 5.75 Å². The van der Waals surface area contributed by atoms with E-state index >= 15 is 0 Å². The highest BCUT2D eigenvalue weighted by molar-refractivity contribution is 14.0. The predicted octanol–water partition coefficient (Wildman–Crippen LogP) is 4.11. The number of methoxy groups -OCH3 is 1. The maximum Gasteiger partial charge on any atom is 0.193 e. The Morgan fingerprint density at radius 1 is 1.16 bits per heavy atom. The van der Waals surface area contributed by atoms with Gasteiger partial charge in [0.15, 0.2) is 5.96 Å². The van der Waals surface area contributed by atoms with Crippen LogP contribution in [0, 0.1) is 0 Å². The van der Waals surface area contributed by atoms with Gasteiger partial charge in [-0.2, -0.15) is 5.10 Å². The summed E-state index contributed by atoms with van der Waals surface area (Å²) in [7, 11) is 3.57. The summed E-state index contributed by atoms with van der Waals surface area (Å²) in [6.07, 6.45) is 5.84. The molecule has 0 amide bonds. The van der Waals surface area contributed by atoms with Gasteiger partial charge in [-0.15, -0.1) is 24.0 Å². The molecular weight excluding hydrogens is 501 g/mol. The third kappa shape index (κ3) is 5.78. The molecule has 1 N–H and O–H groups in total. The smallest absolute Gasteiger partial charge is 0.193 e. The molecule has 164 valence electrons. The molecule has 0 spiro atoms. The van der Waals surface area contributed by atoms with Crippen LogP contribution in [0.2, 0.25) is 0 Å². The molecule has 4 rings (SSSR count). The minimum Gasteiger partial charge on any atom is -0.497 e. The molecule has 0 bridgehead atoms. The van der Waals surface area contributed by atoms with Crippen molar-refractivity contribution in [1.29, 1.82) is 0 Å². The molecule has 1 aromatic heterocycles. The number of aliphatic imine (C=N–C) groups is 1. The summed E-state index contributed by atoms with van der Waals surface area (Å²) >= 11 is 0. The van der Waals surface area contributed by atoms with Crippen LogP contribution in [-0.4, -0.2) is 54.4 Å². The fourth-order valence-electron chi connectivity index (χ4n) is 3.99. The van der Waals surface area contributed by atoms with Crippen molar-refractivity contribution < 1.29 is 4.74 Å². The van der Waals surface area contributed by atoms with Crippen molar-refractivity contribution in [3.63, 3.8) is 0 Å². The first-order chi connectivity index (χ1) is 14.8. The van der Waals surface area contributed by atoms with Crippen molar-refractivity contribution in [3.05, 3.63) is 78.1 Å². The van der Waals surface area contributed by atoms with Gasteiger partial charge in [0.05, 0.1) is 12.8 Å². The molecule has 1 aliphatic heterocycles. The Labute approximate surface area is 201 Å². The second-order valence-corrected chi connectivity index (χ2v) is 7.55. The number of nitrogens with zero attached hydrogens (tertiary/aromatic N) is 4. The second-order valence-electron chi connectivity index (χ2n) is 7.55. The van der Waals surface area contributed by atoms with Crippen molar-refractivity contribution >= 4 is 29.9 Å². The topological polar surface area (TPSA) is 54.7 Å². The molecule has 1 aliphatic rings. The van der Waals surface area contributed by atoms with Gasteiger partial charge in [0, 0.05) is 45.0 Å². The highest BCUT2D eigenvalue weighted by Gasteiger charge is 2.25. The van der Waals surface area contributed by atoms with Gasteiger partial charge in [-0.1, -0.05) is 24.3 Å². The van der Waals surface area contributed by atoms with Crippen LogP contribution in [-0.2, 0) is 6.42 Å². The first-order valence-corrected chi connectivity index (χ1v) is 10.5. The summed E-state index contributed by atoms with van der Waals surface area (Å²) < 4.78 is 7.14. The van der Waals surface area contributed by atoms with Crippen LogP contribution in [0.4, 0.5) is 0 Å². The standard InChI is InChI=1S/C24H29N5O.HI/c1-25-24(28-17-13-21(18-28)20-6-10-23(30-2)11-7-20)26-15-12-19-4-8-22(9-5-19)29-16-3-14-27-29;/h3-11,14,16,21H,12-13,15,17-18H2,1-2H3,(H,25,26);1H. The lowest BCUT2D eigenvalue weighted by Gasteiger charge is -2.22. The lowest BCUT2D eigenvalue weighted by atomic mass is 9.98. The average molecular weight is 531 g/mol. The molecule has 2 heterocycles. The zero-order chi connectivity index (χ0) is 20.8. The van der Waals surface area contributed by atoms with E-state index in [-0.39, 0.29) is 24.0 Å². The lowest BCUT2D eigenvalue weighted by molar-refractivity contribution is 0.414. The number of rotatable bonds is 6. The van der Waals surface area contributed by atoms with Crippen molar-refractivity contribution in [1.82, 2.24) is 20.0 Å². The van der Waals surface area contributed by atoms with Crippen molar-refractivity contribution in [3.8, 4) is 11.4 Å². The second kappa shape index (κ2) is 11.2. The minimum absolute atomic E-state index is 0. The summed E-state index contributed by atoms with van der Waals surface area (Å²) in [4.78, 5) is 6.86. The van der Waals surface area contributed by atoms with E-state index in [2.05, 4.69) is 56.7 Å². The van der Waals surface area contributed by atoms with E-state index in [4.69, 9.17) is 4.74 Å². The Balaban J connectivity index is 0.00000272. The molecule has 1 saturated heterocycles.